The molecule has 15 heteroatoms. The van der Waals surface area contributed by atoms with Gasteiger partial charge in [0.05, 0.1) is 22.8 Å². The summed E-state index contributed by atoms with van der Waals surface area (Å²) in [6.07, 6.45) is -0.150. The quantitative estimate of drug-likeness (QED) is 0.611. The van der Waals surface area contributed by atoms with Crippen LogP contribution in [0.3, 0.4) is 0 Å². The Morgan fingerprint density at radius 1 is 1.15 bits per heavy atom. The Hall–Kier alpha value is -3.75. The number of urea groups is 1. The molecule has 1 fully saturated rings. The first-order valence-corrected chi connectivity index (χ1v) is 10.5. The van der Waals surface area contributed by atoms with E-state index in [2.05, 4.69) is 9.97 Å². The number of benzene rings is 1. The lowest BCUT2D eigenvalue weighted by Gasteiger charge is -2.27. The van der Waals surface area contributed by atoms with E-state index >= 15 is 0 Å². The van der Waals surface area contributed by atoms with E-state index in [1.165, 1.54) is 26.1 Å². The second-order valence-corrected chi connectivity index (χ2v) is 9.25. The first-order valence-electron chi connectivity index (χ1n) is 9.05. The first-order chi connectivity index (χ1) is 15.2. The normalized spacial score (nSPS) is 16.3. The van der Waals surface area contributed by atoms with Crippen molar-refractivity contribution in [2.24, 2.45) is 0 Å². The Kier molecular flexibility index (Phi) is 5.79. The lowest BCUT2D eigenvalue weighted by atomic mass is 10.0. The van der Waals surface area contributed by atoms with Gasteiger partial charge in [0.25, 0.3) is 15.7 Å². The number of nitrogens with zero attached hydrogens (tertiary/aromatic N) is 4. The van der Waals surface area contributed by atoms with Gasteiger partial charge < -0.3 is 10.0 Å². The molecule has 3 rings (SSSR count). The number of carboxylic acid groups (broad SMARTS) is 1. The van der Waals surface area contributed by atoms with Crippen LogP contribution in [0.15, 0.2) is 41.4 Å². The second-order valence-electron chi connectivity index (χ2n) is 7.31. The fourth-order valence-corrected chi connectivity index (χ4v) is 3.80. The number of rotatable bonds is 5. The van der Waals surface area contributed by atoms with E-state index in [-0.39, 0.29) is 23.9 Å². The molecular weight excluding hydrogens is 471 g/mol. The number of hydrogen-bond acceptors (Lipinski definition) is 7. The van der Waals surface area contributed by atoms with Crippen molar-refractivity contribution < 1.29 is 41.1 Å². The molecule has 1 saturated heterocycles. The van der Waals surface area contributed by atoms with Gasteiger partial charge in [0.2, 0.25) is 5.95 Å². The van der Waals surface area contributed by atoms with Crippen molar-refractivity contribution in [3.63, 3.8) is 0 Å². The Labute approximate surface area is 184 Å². The standard InChI is InChI=1S/C18H16F3N5O6S/c1-17(2)13(27)26(11-3-5-12(6-4-11)33(31,32)18(19,20)21)16(30)25(17)9-10-7-8-22-14(23-10)24-15(28)29/h3-8H,9H2,1-2H3,(H,28,29)(H,22,23,24). The van der Waals surface area contributed by atoms with Crippen LogP contribution in [0.1, 0.15) is 19.5 Å². The fraction of sp³-hybridized carbons (Fsp3) is 0.278. The number of sulfone groups is 1. The predicted octanol–water partition coefficient (Wildman–Crippen LogP) is 2.61. The molecule has 0 aliphatic carbocycles. The Bertz CT molecular complexity index is 1230. The van der Waals surface area contributed by atoms with Gasteiger partial charge in [-0.15, -0.1) is 0 Å². The number of alkyl halides is 3. The average Bonchev–Trinajstić information content (AvgIpc) is 2.86. The topological polar surface area (TPSA) is 150 Å². The molecule has 1 aliphatic rings. The smallest absolute Gasteiger partial charge is 0.465 e. The van der Waals surface area contributed by atoms with Gasteiger partial charge in [0, 0.05) is 6.20 Å². The number of carbonyl (C=O) groups excluding carboxylic acids is 2. The van der Waals surface area contributed by atoms with E-state index in [9.17, 15) is 36.0 Å². The third-order valence-electron chi connectivity index (χ3n) is 4.79. The van der Waals surface area contributed by atoms with E-state index in [1.54, 1.807) is 0 Å². The highest BCUT2D eigenvalue weighted by molar-refractivity contribution is 7.92. The zero-order chi connectivity index (χ0) is 24.8. The molecule has 0 unspecified atom stereocenters. The van der Waals surface area contributed by atoms with Crippen molar-refractivity contribution in [3.8, 4) is 0 Å². The lowest BCUT2D eigenvalue weighted by Crippen LogP contribution is -2.43. The maximum atomic E-state index is 13.0. The molecule has 0 atom stereocenters. The molecule has 0 radical (unpaired) electrons. The minimum atomic E-state index is -5.59. The van der Waals surface area contributed by atoms with E-state index in [4.69, 9.17) is 5.11 Å². The lowest BCUT2D eigenvalue weighted by molar-refractivity contribution is -0.123. The van der Waals surface area contributed by atoms with Crippen LogP contribution in [0.4, 0.5) is 34.4 Å². The number of imide groups is 1. The van der Waals surface area contributed by atoms with Crippen LogP contribution in [0.2, 0.25) is 0 Å². The van der Waals surface area contributed by atoms with Crippen molar-refractivity contribution in [3.05, 3.63) is 42.2 Å². The first kappa shape index (κ1) is 23.9. The van der Waals surface area contributed by atoms with Crippen LogP contribution in [-0.2, 0) is 21.2 Å². The molecule has 2 heterocycles. The molecule has 11 nitrogen and oxygen atoms in total. The molecule has 4 amide bonds. The minimum Gasteiger partial charge on any atom is -0.465 e. The zero-order valence-electron chi connectivity index (χ0n) is 17.0. The van der Waals surface area contributed by atoms with Gasteiger partial charge in [-0.2, -0.15) is 13.2 Å². The summed E-state index contributed by atoms with van der Waals surface area (Å²) in [5.74, 6) is -0.953. The monoisotopic (exact) mass is 487 g/mol. The number of carbonyl (C=O) groups is 3. The maximum Gasteiger partial charge on any atom is 0.501 e. The molecule has 2 aromatic rings. The Morgan fingerprint density at radius 3 is 2.30 bits per heavy atom. The van der Waals surface area contributed by atoms with Gasteiger partial charge in [-0.25, -0.2) is 32.9 Å². The van der Waals surface area contributed by atoms with E-state index in [1.807, 2.05) is 5.32 Å². The number of amides is 4. The third-order valence-corrected chi connectivity index (χ3v) is 6.29. The summed E-state index contributed by atoms with van der Waals surface area (Å²) in [5, 5.41) is 10.7. The number of hydrogen-bond donors (Lipinski definition) is 2. The molecule has 0 spiro atoms. The minimum absolute atomic E-state index is 0.127. The molecule has 176 valence electrons. The average molecular weight is 487 g/mol. The van der Waals surface area contributed by atoms with Gasteiger partial charge in [-0.05, 0) is 44.2 Å². The summed E-state index contributed by atoms with van der Waals surface area (Å²) in [6, 6.07) is 3.73. The van der Waals surface area contributed by atoms with Crippen LogP contribution in [0.25, 0.3) is 0 Å². The van der Waals surface area contributed by atoms with Gasteiger partial charge in [-0.3, -0.25) is 10.1 Å². The van der Waals surface area contributed by atoms with Crippen molar-refractivity contribution in [1.82, 2.24) is 14.9 Å². The van der Waals surface area contributed by atoms with Crippen molar-refractivity contribution in [2.45, 2.75) is 36.3 Å². The van der Waals surface area contributed by atoms with Crippen LogP contribution in [0, 0.1) is 0 Å². The molecule has 0 saturated carbocycles. The van der Waals surface area contributed by atoms with Crippen LogP contribution in [0.5, 0.6) is 0 Å². The maximum absolute atomic E-state index is 13.0. The van der Waals surface area contributed by atoms with Crippen LogP contribution < -0.4 is 10.2 Å². The molecule has 2 N–H and O–H groups in total. The summed E-state index contributed by atoms with van der Waals surface area (Å²) >= 11 is 0. The number of anilines is 2. The van der Waals surface area contributed by atoms with E-state index in [0.717, 1.165) is 17.0 Å². The highest BCUT2D eigenvalue weighted by Crippen LogP contribution is 2.35. The summed E-state index contributed by atoms with van der Waals surface area (Å²) < 4.78 is 61.3. The highest BCUT2D eigenvalue weighted by Gasteiger charge is 2.52. The molecule has 0 bridgehead atoms. The summed E-state index contributed by atoms with van der Waals surface area (Å²) in [7, 11) is -5.59. The summed E-state index contributed by atoms with van der Waals surface area (Å²) in [6.45, 7) is 2.66. The van der Waals surface area contributed by atoms with Gasteiger partial charge in [0.15, 0.2) is 0 Å². The number of aromatic nitrogens is 2. The second kappa shape index (κ2) is 7.99. The van der Waals surface area contributed by atoms with Crippen LogP contribution >= 0.6 is 0 Å². The summed E-state index contributed by atoms with van der Waals surface area (Å²) in [4.78, 5) is 45.2. The zero-order valence-corrected chi connectivity index (χ0v) is 17.8. The molecular formula is C18H16F3N5O6S. The number of nitrogens with one attached hydrogen (secondary N) is 1. The highest BCUT2D eigenvalue weighted by atomic mass is 32.2. The van der Waals surface area contributed by atoms with Gasteiger partial charge >= 0.3 is 17.6 Å². The number of halogens is 3. The largest absolute Gasteiger partial charge is 0.501 e. The SMILES string of the molecule is CC1(C)C(=O)N(c2ccc(S(=O)(=O)C(F)(F)F)cc2)C(=O)N1Cc1ccnc(NC(=O)O)n1. The molecule has 1 aromatic heterocycles. The predicted molar refractivity (Wildman–Crippen MR) is 106 cm³/mol. The molecule has 1 aliphatic heterocycles. The molecule has 1 aromatic carbocycles. The van der Waals surface area contributed by atoms with Gasteiger partial charge in [-0.1, -0.05) is 0 Å². The van der Waals surface area contributed by atoms with E-state index < -0.39 is 43.8 Å². The third kappa shape index (κ3) is 4.30. The summed E-state index contributed by atoms with van der Waals surface area (Å²) in [5.41, 5.74) is -6.83. The molecule has 33 heavy (non-hydrogen) atoms. The van der Waals surface area contributed by atoms with Gasteiger partial charge in [0.1, 0.15) is 5.54 Å². The Morgan fingerprint density at radius 2 is 1.76 bits per heavy atom. The van der Waals surface area contributed by atoms with Crippen molar-refractivity contribution in [2.75, 3.05) is 10.2 Å². The Balaban J connectivity index is 1.90. The van der Waals surface area contributed by atoms with E-state index in [0.29, 0.717) is 17.0 Å². The van der Waals surface area contributed by atoms with Crippen molar-refractivity contribution in [1.29, 1.82) is 0 Å². The fourth-order valence-electron chi connectivity index (χ4n) is 3.04. The van der Waals surface area contributed by atoms with Crippen molar-refractivity contribution >= 4 is 39.5 Å². The van der Waals surface area contributed by atoms with Crippen LogP contribution in [-0.4, -0.2) is 57.5 Å².